The maximum atomic E-state index is 12.0. The van der Waals surface area contributed by atoms with Gasteiger partial charge in [-0.05, 0) is 66.6 Å². The molecule has 0 atom stereocenters. The summed E-state index contributed by atoms with van der Waals surface area (Å²) in [6.07, 6.45) is 3.58. The molecule has 4 aromatic rings. The normalized spacial score (nSPS) is 14.6. The number of amides is 1. The van der Waals surface area contributed by atoms with Crippen molar-refractivity contribution in [3.63, 3.8) is 0 Å². The summed E-state index contributed by atoms with van der Waals surface area (Å²) in [6, 6.07) is 16.1. The number of hydrogen-bond donors (Lipinski definition) is 2. The second kappa shape index (κ2) is 10.6. The van der Waals surface area contributed by atoms with Crippen molar-refractivity contribution < 1.29 is 4.79 Å². The molecule has 0 saturated carbocycles. The molecule has 7 nitrogen and oxygen atoms in total. The molecular formula is C28H30N6OS. The molecule has 2 aromatic heterocycles. The summed E-state index contributed by atoms with van der Waals surface area (Å²) in [7, 11) is 2.16. The van der Waals surface area contributed by atoms with Crippen LogP contribution >= 0.6 is 11.3 Å². The van der Waals surface area contributed by atoms with Crippen molar-refractivity contribution in [2.45, 2.75) is 13.5 Å². The number of aryl methyl sites for hydroxylation is 1. The second-order valence-electron chi connectivity index (χ2n) is 9.25. The van der Waals surface area contributed by atoms with Gasteiger partial charge in [-0.3, -0.25) is 14.7 Å². The van der Waals surface area contributed by atoms with Crippen LogP contribution in [0.3, 0.4) is 0 Å². The van der Waals surface area contributed by atoms with E-state index in [1.165, 1.54) is 5.56 Å². The molecular weight excluding hydrogens is 468 g/mol. The number of pyridine rings is 1. The molecule has 8 heteroatoms. The molecule has 1 aliphatic heterocycles. The number of anilines is 2. The van der Waals surface area contributed by atoms with Gasteiger partial charge >= 0.3 is 0 Å². The van der Waals surface area contributed by atoms with E-state index in [1.54, 1.807) is 17.5 Å². The van der Waals surface area contributed by atoms with Crippen LogP contribution in [0.15, 0.2) is 66.3 Å². The molecule has 3 N–H and O–H groups in total. The maximum absolute atomic E-state index is 12.0. The molecule has 0 radical (unpaired) electrons. The zero-order valence-electron chi connectivity index (χ0n) is 20.6. The first-order chi connectivity index (χ1) is 17.5. The van der Waals surface area contributed by atoms with Gasteiger partial charge in [0, 0.05) is 67.3 Å². The number of nitrogens with two attached hydrogens (primary N) is 1. The van der Waals surface area contributed by atoms with Gasteiger partial charge in [0.25, 0.3) is 0 Å². The number of piperazine rings is 1. The summed E-state index contributed by atoms with van der Waals surface area (Å²) in [5.74, 6) is -0.418. The monoisotopic (exact) mass is 498 g/mol. The van der Waals surface area contributed by atoms with E-state index >= 15 is 0 Å². The first-order valence-corrected chi connectivity index (χ1v) is 12.9. The number of nitrogens with one attached hydrogen (secondary N) is 1. The third-order valence-electron chi connectivity index (χ3n) is 6.64. The molecule has 5 rings (SSSR count). The van der Waals surface area contributed by atoms with Gasteiger partial charge in [-0.2, -0.15) is 0 Å². The average molecular weight is 499 g/mol. The van der Waals surface area contributed by atoms with Crippen molar-refractivity contribution >= 4 is 28.1 Å². The number of hydrogen-bond acceptors (Lipinski definition) is 7. The zero-order chi connectivity index (χ0) is 25.1. The predicted molar refractivity (Wildman–Crippen MR) is 147 cm³/mol. The number of rotatable bonds is 7. The van der Waals surface area contributed by atoms with E-state index < -0.39 is 5.91 Å². The van der Waals surface area contributed by atoms with Crippen molar-refractivity contribution in [2.24, 2.45) is 5.73 Å². The average Bonchev–Trinajstić information content (AvgIpc) is 3.36. The van der Waals surface area contributed by atoms with Crippen molar-refractivity contribution in [2.75, 3.05) is 38.5 Å². The van der Waals surface area contributed by atoms with Crippen molar-refractivity contribution in [3.05, 3.63) is 83.0 Å². The van der Waals surface area contributed by atoms with Crippen LogP contribution in [0.4, 0.5) is 10.8 Å². The van der Waals surface area contributed by atoms with Crippen LogP contribution in [0.5, 0.6) is 0 Å². The Morgan fingerprint density at radius 2 is 1.92 bits per heavy atom. The SMILES string of the molecule is Cc1ccc(-c2cc(C(N)=O)ccc2CN2CCN(C)CC2)cc1Nc1nc(-c2cccnc2)cs1. The summed E-state index contributed by atoms with van der Waals surface area (Å²) in [5, 5.41) is 6.34. The first kappa shape index (κ1) is 24.1. The third kappa shape index (κ3) is 5.46. The molecule has 1 amide bonds. The number of thiazole rings is 1. The molecule has 1 saturated heterocycles. The molecule has 1 aliphatic rings. The number of primary amides is 1. The first-order valence-electron chi connectivity index (χ1n) is 12.0. The summed E-state index contributed by atoms with van der Waals surface area (Å²) < 4.78 is 0. The number of nitrogens with zero attached hydrogens (tertiary/aromatic N) is 4. The largest absolute Gasteiger partial charge is 0.366 e. The minimum Gasteiger partial charge on any atom is -0.366 e. The lowest BCUT2D eigenvalue weighted by Gasteiger charge is -2.32. The van der Waals surface area contributed by atoms with Crippen molar-refractivity contribution in [1.82, 2.24) is 19.8 Å². The van der Waals surface area contributed by atoms with E-state index in [1.807, 2.05) is 41.9 Å². The molecule has 0 bridgehead atoms. The maximum Gasteiger partial charge on any atom is 0.248 e. The molecule has 0 unspecified atom stereocenters. The molecule has 0 spiro atoms. The fourth-order valence-electron chi connectivity index (χ4n) is 4.40. The second-order valence-corrected chi connectivity index (χ2v) is 10.1. The van der Waals surface area contributed by atoms with Crippen LogP contribution in [0, 0.1) is 6.92 Å². The Morgan fingerprint density at radius 3 is 2.67 bits per heavy atom. The van der Waals surface area contributed by atoms with Gasteiger partial charge in [0.15, 0.2) is 5.13 Å². The fourth-order valence-corrected chi connectivity index (χ4v) is 5.13. The zero-order valence-corrected chi connectivity index (χ0v) is 21.4. The standard InChI is InChI=1S/C28H30N6OS/c1-19-5-6-20(15-25(19)31-28-32-26(18-36-28)22-4-3-9-30-16-22)24-14-21(27(29)35)7-8-23(24)17-34-12-10-33(2)11-13-34/h3-9,14-16,18H,10-13,17H2,1-2H3,(H2,29,35)(H,31,32). The minimum absolute atomic E-state index is 0.418. The van der Waals surface area contributed by atoms with Gasteiger partial charge in [0.2, 0.25) is 5.91 Å². The molecule has 3 heterocycles. The summed E-state index contributed by atoms with van der Waals surface area (Å²) >= 11 is 1.56. The molecule has 36 heavy (non-hydrogen) atoms. The van der Waals surface area contributed by atoms with Crippen LogP contribution in [-0.2, 0) is 6.54 Å². The van der Waals surface area contributed by atoms with E-state index in [9.17, 15) is 4.79 Å². The van der Waals surface area contributed by atoms with Gasteiger partial charge in [0.05, 0.1) is 5.69 Å². The van der Waals surface area contributed by atoms with Crippen LogP contribution in [0.2, 0.25) is 0 Å². The summed E-state index contributed by atoms with van der Waals surface area (Å²) in [5.41, 5.74) is 13.4. The Morgan fingerprint density at radius 1 is 1.08 bits per heavy atom. The lowest BCUT2D eigenvalue weighted by atomic mass is 9.95. The van der Waals surface area contributed by atoms with Crippen LogP contribution in [0.1, 0.15) is 21.5 Å². The molecule has 184 valence electrons. The predicted octanol–water partition coefficient (Wildman–Crippen LogP) is 4.77. The van der Waals surface area contributed by atoms with Crippen molar-refractivity contribution in [1.29, 1.82) is 0 Å². The highest BCUT2D eigenvalue weighted by Crippen LogP contribution is 2.33. The Labute approximate surface area is 215 Å². The van der Waals surface area contributed by atoms with Crippen LogP contribution < -0.4 is 11.1 Å². The highest BCUT2D eigenvalue weighted by molar-refractivity contribution is 7.14. The van der Waals surface area contributed by atoms with Gasteiger partial charge in [-0.15, -0.1) is 11.3 Å². The highest BCUT2D eigenvalue weighted by atomic mass is 32.1. The number of aromatic nitrogens is 2. The van der Waals surface area contributed by atoms with Gasteiger partial charge in [-0.1, -0.05) is 18.2 Å². The number of benzene rings is 2. The lowest BCUT2D eigenvalue weighted by molar-refractivity contribution is 0.1000. The van der Waals surface area contributed by atoms with Gasteiger partial charge in [-0.25, -0.2) is 4.98 Å². The smallest absolute Gasteiger partial charge is 0.248 e. The minimum atomic E-state index is -0.418. The Bertz CT molecular complexity index is 1360. The number of carbonyl (C=O) groups is 1. The highest BCUT2D eigenvalue weighted by Gasteiger charge is 2.18. The number of likely N-dealkylation sites (N-methyl/N-ethyl adjacent to an activating group) is 1. The van der Waals surface area contributed by atoms with Crippen LogP contribution in [-0.4, -0.2) is 58.9 Å². The lowest BCUT2D eigenvalue weighted by Crippen LogP contribution is -2.43. The molecule has 0 aliphatic carbocycles. The molecule has 1 fully saturated rings. The third-order valence-corrected chi connectivity index (χ3v) is 7.39. The van der Waals surface area contributed by atoms with E-state index in [0.29, 0.717) is 5.56 Å². The topological polar surface area (TPSA) is 87.4 Å². The quantitative estimate of drug-likeness (QED) is 0.382. The molecule has 2 aromatic carbocycles. The summed E-state index contributed by atoms with van der Waals surface area (Å²) in [6.45, 7) is 7.08. The van der Waals surface area contributed by atoms with E-state index in [4.69, 9.17) is 10.7 Å². The Kier molecular flexibility index (Phi) is 7.09. The number of carbonyl (C=O) groups excluding carboxylic acids is 1. The Hall–Kier alpha value is -3.59. The van der Waals surface area contributed by atoms with Gasteiger partial charge in [0.1, 0.15) is 0 Å². The van der Waals surface area contributed by atoms with Gasteiger partial charge < -0.3 is 16.0 Å². The van der Waals surface area contributed by atoms with E-state index in [2.05, 4.69) is 52.3 Å². The van der Waals surface area contributed by atoms with E-state index in [-0.39, 0.29) is 0 Å². The van der Waals surface area contributed by atoms with E-state index in [0.717, 1.165) is 71.5 Å². The van der Waals surface area contributed by atoms with Crippen molar-refractivity contribution in [3.8, 4) is 22.4 Å². The Balaban J connectivity index is 1.45. The summed E-state index contributed by atoms with van der Waals surface area (Å²) in [4.78, 5) is 25.7. The van der Waals surface area contributed by atoms with Crippen LogP contribution in [0.25, 0.3) is 22.4 Å². The fraction of sp³-hybridized carbons (Fsp3) is 0.250.